The molecule has 96 valence electrons. The second kappa shape index (κ2) is 5.83. The molecule has 1 saturated carbocycles. The molecule has 1 aromatic rings. The van der Waals surface area contributed by atoms with E-state index in [9.17, 15) is 4.79 Å². The van der Waals surface area contributed by atoms with Crippen molar-refractivity contribution in [3.8, 4) is 0 Å². The second-order valence-corrected chi connectivity index (χ2v) is 4.66. The number of hydrogen-bond donors (Lipinski definition) is 1. The lowest BCUT2D eigenvalue weighted by atomic mass is 10.1. The topological polar surface area (TPSA) is 40.5 Å². The molecule has 18 heavy (non-hydrogen) atoms. The Kier molecular flexibility index (Phi) is 4.15. The monoisotopic (exact) mass is 245 g/mol. The minimum absolute atomic E-state index is 0.728. The van der Waals surface area contributed by atoms with Gasteiger partial charge in [-0.05, 0) is 36.6 Å². The Balaban J connectivity index is 2.13. The minimum atomic E-state index is -0.903. The van der Waals surface area contributed by atoms with Crippen molar-refractivity contribution in [3.05, 3.63) is 41.5 Å². The summed E-state index contributed by atoms with van der Waals surface area (Å²) in [6, 6.07) is 8.72. The quantitative estimate of drug-likeness (QED) is 0.783. The van der Waals surface area contributed by atoms with E-state index in [-0.39, 0.29) is 0 Å². The van der Waals surface area contributed by atoms with Gasteiger partial charge in [-0.15, -0.1) is 0 Å². The Morgan fingerprint density at radius 1 is 1.44 bits per heavy atom. The van der Waals surface area contributed by atoms with Gasteiger partial charge in [-0.25, -0.2) is 4.79 Å². The minimum Gasteiger partial charge on any atom is -0.478 e. The van der Waals surface area contributed by atoms with Crippen LogP contribution in [-0.4, -0.2) is 28.6 Å². The lowest BCUT2D eigenvalue weighted by molar-refractivity contribution is -0.131. The van der Waals surface area contributed by atoms with Crippen molar-refractivity contribution in [2.24, 2.45) is 0 Å². The van der Waals surface area contributed by atoms with Crippen LogP contribution in [0, 0.1) is 0 Å². The fourth-order valence-electron chi connectivity index (χ4n) is 2.16. The van der Waals surface area contributed by atoms with E-state index >= 15 is 0 Å². The molecule has 0 radical (unpaired) electrons. The second-order valence-electron chi connectivity index (χ2n) is 4.66. The van der Waals surface area contributed by atoms with Crippen LogP contribution in [0.1, 0.15) is 30.9 Å². The molecule has 1 aromatic carbocycles. The van der Waals surface area contributed by atoms with Crippen LogP contribution < -0.4 is 0 Å². The van der Waals surface area contributed by atoms with Crippen LogP contribution in [-0.2, 0) is 11.3 Å². The van der Waals surface area contributed by atoms with Crippen LogP contribution in [0.3, 0.4) is 0 Å². The fourth-order valence-corrected chi connectivity index (χ4v) is 2.16. The summed E-state index contributed by atoms with van der Waals surface area (Å²) in [7, 11) is 0. The molecule has 1 aliphatic rings. The third-order valence-corrected chi connectivity index (χ3v) is 3.30. The van der Waals surface area contributed by atoms with Crippen molar-refractivity contribution in [3.63, 3.8) is 0 Å². The Labute approximate surface area is 108 Å². The van der Waals surface area contributed by atoms with Gasteiger partial charge in [-0.2, -0.15) is 0 Å². The van der Waals surface area contributed by atoms with E-state index in [1.807, 2.05) is 18.2 Å². The van der Waals surface area contributed by atoms with Crippen LogP contribution in [0.5, 0.6) is 0 Å². The highest BCUT2D eigenvalue weighted by atomic mass is 16.4. The first-order chi connectivity index (χ1) is 8.70. The molecule has 0 spiro atoms. The molecule has 3 nitrogen and oxygen atoms in total. The molecule has 1 N–H and O–H groups in total. The first kappa shape index (κ1) is 12.8. The molecular weight excluding hydrogens is 226 g/mol. The van der Waals surface area contributed by atoms with E-state index in [0.29, 0.717) is 0 Å². The van der Waals surface area contributed by atoms with Crippen LogP contribution in [0.15, 0.2) is 30.3 Å². The molecular formula is C15H19NO2. The van der Waals surface area contributed by atoms with Crippen molar-refractivity contribution in [2.75, 3.05) is 6.54 Å². The Morgan fingerprint density at radius 3 is 2.78 bits per heavy atom. The number of carboxylic acids is 1. The molecule has 0 saturated heterocycles. The molecule has 0 bridgehead atoms. The zero-order valence-electron chi connectivity index (χ0n) is 10.7. The lowest BCUT2D eigenvalue weighted by Crippen LogP contribution is -2.25. The summed E-state index contributed by atoms with van der Waals surface area (Å²) in [6.45, 7) is 4.12. The van der Waals surface area contributed by atoms with Gasteiger partial charge in [0.05, 0.1) is 0 Å². The largest absolute Gasteiger partial charge is 0.478 e. The van der Waals surface area contributed by atoms with Gasteiger partial charge >= 0.3 is 5.97 Å². The van der Waals surface area contributed by atoms with Crippen molar-refractivity contribution >= 4 is 12.0 Å². The predicted octanol–water partition coefficient (Wildman–Crippen LogP) is 2.77. The maximum atomic E-state index is 10.6. The number of rotatable bonds is 6. The molecule has 2 rings (SSSR count). The molecule has 0 heterocycles. The van der Waals surface area contributed by atoms with Crippen LogP contribution >= 0.6 is 0 Å². The highest BCUT2D eigenvalue weighted by molar-refractivity contribution is 5.85. The van der Waals surface area contributed by atoms with E-state index in [0.717, 1.165) is 24.7 Å². The number of nitrogens with zero attached hydrogens (tertiary/aromatic N) is 1. The maximum Gasteiger partial charge on any atom is 0.328 e. The van der Waals surface area contributed by atoms with Gasteiger partial charge in [0.2, 0.25) is 0 Å². The van der Waals surface area contributed by atoms with Crippen LogP contribution in [0.4, 0.5) is 0 Å². The average molecular weight is 245 g/mol. The Morgan fingerprint density at radius 2 is 2.17 bits per heavy atom. The molecule has 0 aliphatic heterocycles. The summed E-state index contributed by atoms with van der Waals surface area (Å²) >= 11 is 0. The molecule has 3 heteroatoms. The van der Waals surface area contributed by atoms with Gasteiger partial charge in [0.1, 0.15) is 0 Å². The lowest BCUT2D eigenvalue weighted by Gasteiger charge is -2.20. The van der Waals surface area contributed by atoms with E-state index in [1.165, 1.54) is 24.5 Å². The third-order valence-electron chi connectivity index (χ3n) is 3.30. The zero-order chi connectivity index (χ0) is 13.0. The van der Waals surface area contributed by atoms with Crippen molar-refractivity contribution in [1.29, 1.82) is 0 Å². The maximum absolute atomic E-state index is 10.6. The van der Waals surface area contributed by atoms with Crippen molar-refractivity contribution < 1.29 is 9.90 Å². The van der Waals surface area contributed by atoms with Gasteiger partial charge in [0.25, 0.3) is 0 Å². The van der Waals surface area contributed by atoms with Crippen molar-refractivity contribution in [1.82, 2.24) is 4.90 Å². The van der Waals surface area contributed by atoms with Crippen LogP contribution in [0.25, 0.3) is 6.08 Å². The summed E-state index contributed by atoms with van der Waals surface area (Å²) in [6.07, 6.45) is 5.46. The first-order valence-electron chi connectivity index (χ1n) is 6.43. The average Bonchev–Trinajstić information content (AvgIpc) is 3.18. The highest BCUT2D eigenvalue weighted by Crippen LogP contribution is 2.28. The van der Waals surface area contributed by atoms with Gasteiger partial charge in [0.15, 0.2) is 0 Å². The summed E-state index contributed by atoms with van der Waals surface area (Å²) < 4.78 is 0. The van der Waals surface area contributed by atoms with E-state index < -0.39 is 5.97 Å². The van der Waals surface area contributed by atoms with Gasteiger partial charge in [-0.1, -0.05) is 31.2 Å². The van der Waals surface area contributed by atoms with E-state index in [4.69, 9.17) is 5.11 Å². The molecule has 0 atom stereocenters. The number of hydrogen-bond acceptors (Lipinski definition) is 2. The number of aliphatic carboxylic acids is 1. The van der Waals surface area contributed by atoms with E-state index in [2.05, 4.69) is 17.9 Å². The third kappa shape index (κ3) is 3.44. The van der Waals surface area contributed by atoms with Gasteiger partial charge < -0.3 is 5.11 Å². The predicted molar refractivity (Wildman–Crippen MR) is 72.2 cm³/mol. The van der Waals surface area contributed by atoms with E-state index in [1.54, 1.807) is 6.08 Å². The molecule has 1 fully saturated rings. The summed E-state index contributed by atoms with van der Waals surface area (Å²) in [4.78, 5) is 13.0. The summed E-state index contributed by atoms with van der Waals surface area (Å²) in [5.41, 5.74) is 2.20. The van der Waals surface area contributed by atoms with Gasteiger partial charge in [0, 0.05) is 18.7 Å². The van der Waals surface area contributed by atoms with Crippen LogP contribution in [0.2, 0.25) is 0 Å². The number of benzene rings is 1. The van der Waals surface area contributed by atoms with Gasteiger partial charge in [-0.3, -0.25) is 4.90 Å². The number of carboxylic acid groups (broad SMARTS) is 1. The molecule has 0 aromatic heterocycles. The SMILES string of the molecule is CCN(Cc1ccccc1/C=C/C(=O)O)C1CC1. The number of carbonyl (C=O) groups is 1. The Bertz CT molecular complexity index is 450. The smallest absolute Gasteiger partial charge is 0.328 e. The molecule has 0 unspecified atom stereocenters. The Hall–Kier alpha value is -1.61. The molecule has 0 amide bonds. The standard InChI is InChI=1S/C15H19NO2/c1-2-16(14-8-9-14)11-13-6-4-3-5-12(13)7-10-15(17)18/h3-7,10,14H,2,8-9,11H2,1H3,(H,17,18)/b10-7+. The normalized spacial score (nSPS) is 15.4. The summed E-state index contributed by atoms with van der Waals surface area (Å²) in [5, 5.41) is 8.69. The molecule has 1 aliphatic carbocycles. The summed E-state index contributed by atoms with van der Waals surface area (Å²) in [5.74, 6) is -0.903. The fraction of sp³-hybridized carbons (Fsp3) is 0.400. The van der Waals surface area contributed by atoms with Crippen molar-refractivity contribution in [2.45, 2.75) is 32.4 Å². The highest BCUT2D eigenvalue weighted by Gasteiger charge is 2.27. The zero-order valence-corrected chi connectivity index (χ0v) is 10.7. The first-order valence-corrected chi connectivity index (χ1v) is 6.43.